The number of alkyl halides is 2. The second-order valence-electron chi connectivity index (χ2n) is 8.10. The number of benzene rings is 1. The number of allylic oxidation sites excluding steroid dienone is 1. The summed E-state index contributed by atoms with van der Waals surface area (Å²) in [6.07, 6.45) is -0.465. The van der Waals surface area contributed by atoms with Gasteiger partial charge in [-0.05, 0) is 31.4 Å². The highest BCUT2D eigenvalue weighted by Gasteiger charge is 2.28. The molecule has 0 N–H and O–H groups in total. The summed E-state index contributed by atoms with van der Waals surface area (Å²) >= 11 is 0. The van der Waals surface area contributed by atoms with Gasteiger partial charge in [0.05, 0.1) is 5.83 Å². The molecule has 1 aliphatic carbocycles. The van der Waals surface area contributed by atoms with E-state index in [1.807, 2.05) is 0 Å². The number of rotatable bonds is 13. The van der Waals surface area contributed by atoms with E-state index in [1.165, 1.54) is 4.90 Å². The van der Waals surface area contributed by atoms with Crippen LogP contribution in [0.2, 0.25) is 0 Å². The maximum absolute atomic E-state index is 13.2. The number of hydrogen-bond donors (Lipinski definition) is 0. The fraction of sp³-hybridized carbons (Fsp3) is 0.435. The Balaban J connectivity index is 1.38. The maximum Gasteiger partial charge on any atom is 0.315 e. The summed E-state index contributed by atoms with van der Waals surface area (Å²) in [6.45, 7) is 3.94. The lowest BCUT2D eigenvalue weighted by Crippen LogP contribution is -2.32. The van der Waals surface area contributed by atoms with Crippen molar-refractivity contribution in [1.82, 2.24) is 20.3 Å². The molecule has 0 atom stereocenters. The van der Waals surface area contributed by atoms with Crippen LogP contribution < -0.4 is 4.90 Å². The number of anilines is 1. The van der Waals surface area contributed by atoms with Crippen LogP contribution in [0.5, 0.6) is 0 Å². The molecule has 3 aromatic rings. The molecule has 2 aromatic heterocycles. The van der Waals surface area contributed by atoms with E-state index in [4.69, 9.17) is 9.26 Å². The fourth-order valence-corrected chi connectivity index (χ4v) is 3.35. The van der Waals surface area contributed by atoms with Crippen LogP contribution in [-0.4, -0.2) is 39.3 Å². The number of amides is 1. The third kappa shape index (κ3) is 6.75. The topological polar surface area (TPSA) is 107 Å². The molecule has 12 heteroatoms. The van der Waals surface area contributed by atoms with Gasteiger partial charge in [-0.25, -0.2) is 4.39 Å². The van der Waals surface area contributed by atoms with Crippen molar-refractivity contribution in [2.24, 2.45) is 0 Å². The van der Waals surface area contributed by atoms with Gasteiger partial charge in [-0.3, -0.25) is 4.79 Å². The first kappa shape index (κ1) is 24.6. The number of aromatic nitrogens is 4. The molecule has 1 aliphatic rings. The first-order chi connectivity index (χ1) is 16.9. The Morgan fingerprint density at radius 1 is 1.20 bits per heavy atom. The van der Waals surface area contributed by atoms with Crippen LogP contribution in [0.25, 0.3) is 11.4 Å². The zero-order valence-corrected chi connectivity index (χ0v) is 18.8. The van der Waals surface area contributed by atoms with Crippen molar-refractivity contribution in [1.29, 1.82) is 0 Å². The van der Waals surface area contributed by atoms with Gasteiger partial charge in [0.15, 0.2) is 5.82 Å². The summed E-state index contributed by atoms with van der Waals surface area (Å²) in [5.74, 6) is -0.241. The minimum atomic E-state index is -2.89. The molecule has 1 amide bonds. The summed E-state index contributed by atoms with van der Waals surface area (Å²) in [4.78, 5) is 22.3. The monoisotopic (exact) mass is 491 g/mol. The third-order valence-corrected chi connectivity index (χ3v) is 5.28. The predicted molar refractivity (Wildman–Crippen MR) is 117 cm³/mol. The highest BCUT2D eigenvalue weighted by molar-refractivity contribution is 5.94. The van der Waals surface area contributed by atoms with E-state index in [2.05, 4.69) is 31.4 Å². The van der Waals surface area contributed by atoms with E-state index in [1.54, 1.807) is 24.3 Å². The van der Waals surface area contributed by atoms with E-state index in [0.29, 0.717) is 41.9 Å². The zero-order chi connectivity index (χ0) is 24.8. The highest BCUT2D eigenvalue weighted by Crippen LogP contribution is 2.38. The Bertz CT molecular complexity index is 1160. The van der Waals surface area contributed by atoms with Crippen molar-refractivity contribution in [2.45, 2.75) is 51.1 Å². The van der Waals surface area contributed by atoms with Crippen LogP contribution in [-0.2, 0) is 16.1 Å². The number of ether oxygens (including phenoxy) is 1. The Morgan fingerprint density at radius 3 is 2.74 bits per heavy atom. The first-order valence-corrected chi connectivity index (χ1v) is 11.2. The van der Waals surface area contributed by atoms with Gasteiger partial charge in [0.2, 0.25) is 11.7 Å². The molecule has 1 fully saturated rings. The average Bonchev–Trinajstić information content (AvgIpc) is 3.37. The van der Waals surface area contributed by atoms with Crippen LogP contribution in [0.4, 0.5) is 18.9 Å². The van der Waals surface area contributed by atoms with Crippen LogP contribution in [0.1, 0.15) is 62.1 Å². The van der Waals surface area contributed by atoms with Crippen molar-refractivity contribution >= 4 is 11.6 Å². The Labute approximate surface area is 198 Å². The van der Waals surface area contributed by atoms with Gasteiger partial charge >= 0.3 is 6.43 Å². The Kier molecular flexibility index (Phi) is 7.91. The summed E-state index contributed by atoms with van der Waals surface area (Å²) in [6, 6.07) is 6.51. The van der Waals surface area contributed by atoms with Crippen molar-refractivity contribution in [2.75, 3.05) is 18.1 Å². The molecule has 9 nitrogen and oxygen atoms in total. The van der Waals surface area contributed by atoms with Gasteiger partial charge in [-0.2, -0.15) is 18.7 Å². The molecule has 0 aliphatic heterocycles. The molecular formula is C23H24F3N5O4. The van der Waals surface area contributed by atoms with E-state index in [9.17, 15) is 18.0 Å². The Hall–Kier alpha value is -3.54. The second kappa shape index (κ2) is 11.3. The minimum absolute atomic E-state index is 0.0276. The van der Waals surface area contributed by atoms with Crippen LogP contribution in [0.3, 0.4) is 0 Å². The number of hydrogen-bond acceptors (Lipinski definition) is 8. The zero-order valence-electron chi connectivity index (χ0n) is 18.8. The van der Waals surface area contributed by atoms with Crippen molar-refractivity contribution < 1.29 is 31.7 Å². The maximum atomic E-state index is 13.2. The summed E-state index contributed by atoms with van der Waals surface area (Å²) in [7, 11) is 0. The smallest absolute Gasteiger partial charge is 0.315 e. The Morgan fingerprint density at radius 2 is 2.03 bits per heavy atom. The van der Waals surface area contributed by atoms with Crippen molar-refractivity contribution in [3.63, 3.8) is 0 Å². The molecule has 0 radical (unpaired) electrons. The second-order valence-corrected chi connectivity index (χ2v) is 8.10. The van der Waals surface area contributed by atoms with Gasteiger partial charge in [-0.1, -0.05) is 29.0 Å². The number of carbonyl (C=O) groups excluding carboxylic acids is 1. The van der Waals surface area contributed by atoms with Gasteiger partial charge in [0, 0.05) is 43.2 Å². The molecule has 35 heavy (non-hydrogen) atoms. The van der Waals surface area contributed by atoms with Crippen LogP contribution in [0.15, 0.2) is 45.7 Å². The average molecular weight is 491 g/mol. The molecule has 186 valence electrons. The minimum Gasteiger partial charge on any atom is -0.372 e. The molecule has 4 rings (SSSR count). The quantitative estimate of drug-likeness (QED) is 0.303. The standard InChI is InChI=1S/C23H24F3N5O4/c1-14(24)6-9-19(32)31(10-3-11-33-13-18-27-21(29-34-18)15-7-8-15)17-5-2-4-16(12-17)22-28-23(20(25)26)35-30-22/h2,4-5,12,15,20H,1,3,6-11,13H2. The molecular weight excluding hydrogens is 467 g/mol. The van der Waals surface area contributed by atoms with Crippen molar-refractivity contribution in [3.05, 3.63) is 54.3 Å². The normalized spacial score (nSPS) is 13.4. The van der Waals surface area contributed by atoms with Crippen LogP contribution in [0, 0.1) is 0 Å². The van der Waals surface area contributed by atoms with Gasteiger partial charge in [0.25, 0.3) is 11.8 Å². The van der Waals surface area contributed by atoms with E-state index in [-0.39, 0.29) is 37.7 Å². The molecule has 1 aromatic carbocycles. The summed E-state index contributed by atoms with van der Waals surface area (Å²) in [5.41, 5.74) is 0.872. The fourth-order valence-electron chi connectivity index (χ4n) is 3.35. The lowest BCUT2D eigenvalue weighted by atomic mass is 10.1. The van der Waals surface area contributed by atoms with Gasteiger partial charge in [-0.15, -0.1) is 0 Å². The van der Waals surface area contributed by atoms with Crippen molar-refractivity contribution in [3.8, 4) is 11.4 Å². The third-order valence-electron chi connectivity index (χ3n) is 5.28. The summed E-state index contributed by atoms with van der Waals surface area (Å²) in [5, 5.41) is 7.51. The number of carbonyl (C=O) groups is 1. The molecule has 0 unspecified atom stereocenters. The summed E-state index contributed by atoms with van der Waals surface area (Å²) < 4.78 is 54.1. The van der Waals surface area contributed by atoms with E-state index >= 15 is 0 Å². The molecule has 1 saturated carbocycles. The molecule has 0 bridgehead atoms. The largest absolute Gasteiger partial charge is 0.372 e. The van der Waals surface area contributed by atoms with Gasteiger partial charge in [0.1, 0.15) is 6.61 Å². The molecule has 0 saturated heterocycles. The molecule has 0 spiro atoms. The van der Waals surface area contributed by atoms with Crippen LogP contribution >= 0.6 is 0 Å². The number of halogens is 3. The van der Waals surface area contributed by atoms with E-state index < -0.39 is 18.1 Å². The first-order valence-electron chi connectivity index (χ1n) is 11.2. The number of nitrogens with zero attached hydrogens (tertiary/aromatic N) is 5. The van der Waals surface area contributed by atoms with Gasteiger partial charge < -0.3 is 18.7 Å². The predicted octanol–water partition coefficient (Wildman–Crippen LogP) is 5.14. The lowest BCUT2D eigenvalue weighted by Gasteiger charge is -2.23. The highest BCUT2D eigenvalue weighted by atomic mass is 19.3. The lowest BCUT2D eigenvalue weighted by molar-refractivity contribution is -0.118. The SMILES string of the molecule is C=C(F)CCC(=O)N(CCCOCc1nc(C2CC2)no1)c1cccc(-c2noc(C(F)F)n2)c1. The van der Waals surface area contributed by atoms with E-state index in [0.717, 1.165) is 12.8 Å². The molecule has 2 heterocycles.